The predicted octanol–water partition coefficient (Wildman–Crippen LogP) is 6.04. The number of nitrogens with one attached hydrogen (secondary N) is 4. The first-order valence-electron chi connectivity index (χ1n) is 17.5. The molecule has 4 amide bonds. The Balaban J connectivity index is 0.907. The molecule has 6 rings (SSSR count). The second-order valence-corrected chi connectivity index (χ2v) is 14.5. The van der Waals surface area contributed by atoms with Crippen LogP contribution in [0.15, 0.2) is 54.7 Å². The molecule has 0 aliphatic carbocycles. The molecule has 13 nitrogen and oxygen atoms in total. The largest absolute Gasteiger partial charge is 0.354 e. The van der Waals surface area contributed by atoms with Gasteiger partial charge in [-0.25, -0.2) is 15.0 Å². The number of benzene rings is 2. The highest BCUT2D eigenvalue weighted by Crippen LogP contribution is 2.29. The summed E-state index contributed by atoms with van der Waals surface area (Å²) in [6, 6.07) is 14.7. The Labute approximate surface area is 311 Å². The van der Waals surface area contributed by atoms with Gasteiger partial charge in [-0.3, -0.25) is 29.4 Å². The third-order valence-corrected chi connectivity index (χ3v) is 10.4. The number of hydrogen-bond acceptors (Lipinski definition) is 11. The number of carbonyl (C=O) groups excluding carboxylic acids is 4. The van der Waals surface area contributed by atoms with Crippen LogP contribution in [-0.4, -0.2) is 76.2 Å². The lowest BCUT2D eigenvalue weighted by Crippen LogP contribution is -2.47. The van der Waals surface area contributed by atoms with Crippen LogP contribution in [0.3, 0.4) is 0 Å². The molecule has 15 heteroatoms. The second-order valence-electron chi connectivity index (χ2n) is 13.0. The third kappa shape index (κ3) is 9.69. The second kappa shape index (κ2) is 17.1. The smallest absolute Gasteiger partial charge is 0.267 e. The van der Waals surface area contributed by atoms with E-state index in [9.17, 15) is 19.2 Å². The minimum atomic E-state index is -0.382. The first kappa shape index (κ1) is 36.9. The Morgan fingerprint density at radius 2 is 1.79 bits per heavy atom. The first-order valence-corrected chi connectivity index (χ1v) is 18.7. The summed E-state index contributed by atoms with van der Waals surface area (Å²) in [4.78, 5) is 68.0. The van der Waals surface area contributed by atoms with Crippen molar-refractivity contribution >= 4 is 74.7 Å². The molecule has 4 aromatic rings. The summed E-state index contributed by atoms with van der Waals surface area (Å²) in [6.45, 7) is 8.20. The monoisotopic (exact) mass is 743 g/mol. The molecule has 272 valence electrons. The molecule has 2 saturated heterocycles. The molecule has 0 spiro atoms. The maximum absolute atomic E-state index is 12.9. The van der Waals surface area contributed by atoms with E-state index in [-0.39, 0.29) is 29.5 Å². The van der Waals surface area contributed by atoms with Gasteiger partial charge in [-0.15, -0.1) is 0 Å². The molecule has 0 saturated carbocycles. The zero-order chi connectivity index (χ0) is 36.6. The van der Waals surface area contributed by atoms with Gasteiger partial charge >= 0.3 is 0 Å². The van der Waals surface area contributed by atoms with Crippen LogP contribution in [0.1, 0.15) is 71.1 Å². The third-order valence-electron chi connectivity index (χ3n) is 9.14. The number of hydrogen-bond donors (Lipinski definition) is 4. The van der Waals surface area contributed by atoms with Gasteiger partial charge in [0.05, 0.1) is 22.8 Å². The minimum Gasteiger partial charge on any atom is -0.354 e. The average molecular weight is 744 g/mol. The topological polar surface area (TPSA) is 162 Å². The maximum atomic E-state index is 12.9. The van der Waals surface area contributed by atoms with Crippen molar-refractivity contribution in [3.63, 3.8) is 0 Å². The van der Waals surface area contributed by atoms with Crippen LogP contribution in [0.25, 0.3) is 0 Å². The number of imide groups is 1. The summed E-state index contributed by atoms with van der Waals surface area (Å²) < 4.78 is 0. The zero-order valence-electron chi connectivity index (χ0n) is 29.2. The van der Waals surface area contributed by atoms with Crippen molar-refractivity contribution in [2.24, 2.45) is 0 Å². The number of carbonyl (C=O) groups is 4. The molecule has 4 N–H and O–H groups in total. The van der Waals surface area contributed by atoms with Crippen LogP contribution in [0.2, 0.25) is 5.02 Å². The number of unbranched alkanes of at least 4 members (excludes halogenated alkanes) is 2. The number of para-hydroxylation sites is 1. The number of nitrogens with zero attached hydrogens (tertiary/aromatic N) is 5. The molecule has 0 bridgehead atoms. The fourth-order valence-corrected chi connectivity index (χ4v) is 7.34. The Kier molecular flexibility index (Phi) is 12.1. The van der Waals surface area contributed by atoms with E-state index in [1.54, 1.807) is 6.07 Å². The minimum absolute atomic E-state index is 0.0488. The maximum Gasteiger partial charge on any atom is 0.267 e. The van der Waals surface area contributed by atoms with E-state index in [4.69, 9.17) is 11.6 Å². The number of halogens is 1. The summed E-state index contributed by atoms with van der Waals surface area (Å²) >= 11 is 7.51. The Hall–Kier alpha value is -4.92. The summed E-state index contributed by atoms with van der Waals surface area (Å²) in [5.74, 6) is 0.843. The summed E-state index contributed by atoms with van der Waals surface area (Å²) in [5.41, 5.74) is 2.92. The summed E-state index contributed by atoms with van der Waals surface area (Å²) in [7, 11) is 0. The molecular weight excluding hydrogens is 702 g/mol. The molecule has 2 fully saturated rings. The highest BCUT2D eigenvalue weighted by molar-refractivity contribution is 7.17. The number of aryl methyl sites for hydroxylation is 2. The van der Waals surface area contributed by atoms with Gasteiger partial charge in [0.15, 0.2) is 5.13 Å². The Morgan fingerprint density at radius 1 is 0.981 bits per heavy atom. The van der Waals surface area contributed by atoms with Gasteiger partial charge in [0, 0.05) is 50.8 Å². The number of rotatable bonds is 13. The Morgan fingerprint density at radius 3 is 2.58 bits per heavy atom. The normalized spacial score (nSPS) is 16.4. The lowest BCUT2D eigenvalue weighted by molar-refractivity contribution is -0.134. The van der Waals surface area contributed by atoms with Crippen molar-refractivity contribution in [3.8, 4) is 0 Å². The van der Waals surface area contributed by atoms with E-state index in [0.717, 1.165) is 68.9 Å². The lowest BCUT2D eigenvalue weighted by atomic mass is 9.90. The quantitative estimate of drug-likeness (QED) is 0.0939. The molecule has 52 heavy (non-hydrogen) atoms. The van der Waals surface area contributed by atoms with Crippen molar-refractivity contribution < 1.29 is 19.2 Å². The summed E-state index contributed by atoms with van der Waals surface area (Å²) in [5, 5.41) is 12.5. The lowest BCUT2D eigenvalue weighted by Gasteiger charge is -2.35. The SMILES string of the molecule is Cc1nc(Nc2ncc(C(=O)Nc3c(C)cccc3Cl)s2)cc(N2CCN(CCCCCC(=O)Nc3cccc(C4CCC(=O)NC4=O)c3)CC2)n1. The zero-order valence-corrected chi connectivity index (χ0v) is 30.8. The highest BCUT2D eigenvalue weighted by atomic mass is 35.5. The standard InChI is InChI=1S/C37H42ClN9O4S/c1-23-8-6-11-28(38)34(23)45-36(51)29-22-39-37(52-29)43-30-21-31(41-24(2)40-30)47-18-16-46(17-19-47)15-5-3-4-12-32(48)42-26-10-7-9-25(20-26)27-13-14-33(49)44-35(27)50/h6-11,20-22,27H,3-5,12-19H2,1-2H3,(H,42,48)(H,45,51)(H,44,49,50)(H,39,40,41,43). The number of thiazole rings is 1. The van der Waals surface area contributed by atoms with Crippen LogP contribution in [0, 0.1) is 13.8 Å². The molecule has 1 unspecified atom stereocenters. The van der Waals surface area contributed by atoms with Crippen LogP contribution >= 0.6 is 22.9 Å². The highest BCUT2D eigenvalue weighted by Gasteiger charge is 2.28. The van der Waals surface area contributed by atoms with Gasteiger partial charge < -0.3 is 20.9 Å². The molecule has 4 heterocycles. The van der Waals surface area contributed by atoms with E-state index in [1.165, 1.54) is 17.5 Å². The summed E-state index contributed by atoms with van der Waals surface area (Å²) in [6.07, 6.45) is 5.49. The van der Waals surface area contributed by atoms with Crippen LogP contribution < -0.4 is 26.2 Å². The number of aromatic nitrogens is 3. The molecular formula is C37H42ClN9O4S. The van der Waals surface area contributed by atoms with Crippen molar-refractivity contribution in [2.75, 3.05) is 53.6 Å². The predicted molar refractivity (Wildman–Crippen MR) is 204 cm³/mol. The van der Waals surface area contributed by atoms with E-state index >= 15 is 0 Å². The molecule has 2 aromatic carbocycles. The Bertz CT molecular complexity index is 1930. The van der Waals surface area contributed by atoms with Crippen LogP contribution in [0.4, 0.5) is 28.1 Å². The van der Waals surface area contributed by atoms with Gasteiger partial charge in [0.2, 0.25) is 17.7 Å². The van der Waals surface area contributed by atoms with Gasteiger partial charge in [0.25, 0.3) is 5.91 Å². The van der Waals surface area contributed by atoms with E-state index in [1.807, 2.05) is 56.3 Å². The number of piperidine rings is 1. The average Bonchev–Trinajstić information content (AvgIpc) is 3.58. The molecule has 0 radical (unpaired) electrons. The first-order chi connectivity index (χ1) is 25.1. The van der Waals surface area contributed by atoms with E-state index in [2.05, 4.69) is 46.0 Å². The van der Waals surface area contributed by atoms with Gasteiger partial charge in [-0.1, -0.05) is 53.6 Å². The molecule has 2 aliphatic rings. The van der Waals surface area contributed by atoms with Gasteiger partial charge in [-0.05, 0) is 69.0 Å². The number of amides is 4. The van der Waals surface area contributed by atoms with Crippen molar-refractivity contribution in [3.05, 3.63) is 81.6 Å². The van der Waals surface area contributed by atoms with Crippen LogP contribution in [-0.2, 0) is 14.4 Å². The van der Waals surface area contributed by atoms with Crippen LogP contribution in [0.5, 0.6) is 0 Å². The molecule has 2 aromatic heterocycles. The fourth-order valence-electron chi connectivity index (χ4n) is 6.36. The van der Waals surface area contributed by atoms with Gasteiger partial charge in [0.1, 0.15) is 22.3 Å². The van der Waals surface area contributed by atoms with Crippen molar-refractivity contribution in [1.82, 2.24) is 25.2 Å². The van der Waals surface area contributed by atoms with Gasteiger partial charge in [-0.2, -0.15) is 0 Å². The number of piperazine rings is 1. The van der Waals surface area contributed by atoms with E-state index < -0.39 is 0 Å². The molecule has 2 aliphatic heterocycles. The van der Waals surface area contributed by atoms with E-state index in [0.29, 0.717) is 57.3 Å². The fraction of sp³-hybridized carbons (Fsp3) is 0.378. The number of anilines is 5. The molecule has 1 atom stereocenters. The van der Waals surface area contributed by atoms with Crippen molar-refractivity contribution in [2.45, 2.75) is 58.3 Å². The van der Waals surface area contributed by atoms with Crippen molar-refractivity contribution in [1.29, 1.82) is 0 Å².